The van der Waals surface area contributed by atoms with Gasteiger partial charge >= 0.3 is 0 Å². The van der Waals surface area contributed by atoms with Crippen LogP contribution in [0.3, 0.4) is 0 Å². The Morgan fingerprint density at radius 3 is 2.30 bits per heavy atom. The van der Waals surface area contributed by atoms with Crippen molar-refractivity contribution in [2.24, 2.45) is 0 Å². The molecule has 1 aliphatic rings. The lowest BCUT2D eigenvalue weighted by atomic mass is 10.1. The molecule has 3 aromatic carbocycles. The van der Waals surface area contributed by atoms with Crippen LogP contribution in [0.2, 0.25) is 0 Å². The fourth-order valence-corrected chi connectivity index (χ4v) is 4.58. The average molecular weight is 356 g/mol. The fourth-order valence-electron chi connectivity index (χ4n) is 4.58. The summed E-state index contributed by atoms with van der Waals surface area (Å²) in [6.07, 6.45) is 0.253. The van der Waals surface area contributed by atoms with Crippen molar-refractivity contribution in [3.8, 4) is 0 Å². The summed E-state index contributed by atoms with van der Waals surface area (Å²) in [6.45, 7) is 8.99. The summed E-state index contributed by atoms with van der Waals surface area (Å²) in [5.41, 5.74) is 6.93. The highest BCUT2D eigenvalue weighted by Crippen LogP contribution is 2.46. The van der Waals surface area contributed by atoms with Gasteiger partial charge in [0.1, 0.15) is 17.3 Å². The first-order chi connectivity index (χ1) is 13.1. The zero-order chi connectivity index (χ0) is 18.7. The van der Waals surface area contributed by atoms with Gasteiger partial charge in [-0.15, -0.1) is 0 Å². The summed E-state index contributed by atoms with van der Waals surface area (Å²) in [4.78, 5) is 4.93. The predicted molar refractivity (Wildman–Crippen MR) is 114 cm³/mol. The van der Waals surface area contributed by atoms with Gasteiger partial charge < -0.3 is 14.2 Å². The molecule has 5 rings (SSSR count). The number of benzene rings is 3. The molecule has 0 saturated heterocycles. The van der Waals surface area contributed by atoms with Crippen LogP contribution in [0.4, 0.5) is 17.1 Å². The molecule has 136 valence electrons. The molecule has 27 heavy (non-hydrogen) atoms. The molecule has 2 heterocycles. The second-order valence-electron chi connectivity index (χ2n) is 7.72. The molecule has 0 spiro atoms. The van der Waals surface area contributed by atoms with Crippen LogP contribution in [0.25, 0.3) is 21.9 Å². The van der Waals surface area contributed by atoms with E-state index in [0.29, 0.717) is 6.04 Å². The average Bonchev–Trinajstić information content (AvgIpc) is 3.15. The quantitative estimate of drug-likeness (QED) is 0.403. The molecule has 0 N–H and O–H groups in total. The van der Waals surface area contributed by atoms with Gasteiger partial charge in [-0.05, 0) is 57.5 Å². The van der Waals surface area contributed by atoms with Crippen molar-refractivity contribution >= 4 is 39.0 Å². The van der Waals surface area contributed by atoms with Crippen LogP contribution >= 0.6 is 0 Å². The highest BCUT2D eigenvalue weighted by atomic mass is 16.3. The maximum absolute atomic E-state index is 6.16. The highest BCUT2D eigenvalue weighted by molar-refractivity contribution is 6.06. The molecule has 0 unspecified atom stereocenters. The second-order valence-corrected chi connectivity index (χ2v) is 7.72. The fraction of sp³-hybridized carbons (Fsp3) is 0.250. The zero-order valence-corrected chi connectivity index (χ0v) is 16.2. The third-order valence-electron chi connectivity index (χ3n) is 5.71. The summed E-state index contributed by atoms with van der Waals surface area (Å²) in [6, 6.07) is 21.9. The van der Waals surface area contributed by atoms with Gasteiger partial charge in [0.25, 0.3) is 0 Å². The number of nitrogens with zero attached hydrogens (tertiary/aromatic N) is 2. The van der Waals surface area contributed by atoms with Crippen LogP contribution in [0.5, 0.6) is 0 Å². The van der Waals surface area contributed by atoms with Crippen molar-refractivity contribution in [1.29, 1.82) is 0 Å². The molecule has 0 fully saturated rings. The summed E-state index contributed by atoms with van der Waals surface area (Å²) in [7, 11) is 0. The Balaban J connectivity index is 1.73. The van der Waals surface area contributed by atoms with Crippen molar-refractivity contribution < 1.29 is 4.42 Å². The van der Waals surface area contributed by atoms with Crippen molar-refractivity contribution in [1.82, 2.24) is 0 Å². The van der Waals surface area contributed by atoms with E-state index in [1.807, 2.05) is 12.1 Å². The number of rotatable bonds is 2. The molecule has 4 aromatic rings. The van der Waals surface area contributed by atoms with Crippen molar-refractivity contribution in [3.63, 3.8) is 0 Å². The Kier molecular flexibility index (Phi) is 3.48. The Morgan fingerprint density at radius 1 is 0.815 bits per heavy atom. The Hall–Kier alpha value is -2.94. The topological polar surface area (TPSA) is 19.6 Å². The SMILES string of the molecule is Cc1cc2c(cc1N1c3ccccc3N(C(C)C)[C@@H]1C)oc1ccccc12. The molecule has 0 amide bonds. The molecule has 3 nitrogen and oxygen atoms in total. The molecule has 0 bridgehead atoms. The third-order valence-corrected chi connectivity index (χ3v) is 5.71. The lowest BCUT2D eigenvalue weighted by molar-refractivity contribution is 0.606. The summed E-state index contributed by atoms with van der Waals surface area (Å²) in [5.74, 6) is 0. The van der Waals surface area contributed by atoms with Crippen LogP contribution in [0.1, 0.15) is 26.3 Å². The van der Waals surface area contributed by atoms with E-state index in [9.17, 15) is 0 Å². The van der Waals surface area contributed by atoms with Gasteiger partial charge in [-0.25, -0.2) is 0 Å². The van der Waals surface area contributed by atoms with Gasteiger partial charge in [-0.3, -0.25) is 0 Å². The van der Waals surface area contributed by atoms with E-state index >= 15 is 0 Å². The number of aryl methyl sites for hydroxylation is 1. The van der Waals surface area contributed by atoms with Crippen molar-refractivity contribution in [3.05, 3.63) is 66.2 Å². The van der Waals surface area contributed by atoms with Crippen LogP contribution in [-0.2, 0) is 0 Å². The predicted octanol–water partition coefficient (Wildman–Crippen LogP) is 6.61. The van der Waals surface area contributed by atoms with Gasteiger partial charge in [0.05, 0.1) is 11.4 Å². The van der Waals surface area contributed by atoms with Gasteiger partial charge in [0.15, 0.2) is 0 Å². The molecule has 1 aliphatic heterocycles. The summed E-state index contributed by atoms with van der Waals surface area (Å²) < 4.78 is 6.16. The molecule has 0 aliphatic carbocycles. The van der Waals surface area contributed by atoms with E-state index < -0.39 is 0 Å². The largest absolute Gasteiger partial charge is 0.456 e. The van der Waals surface area contributed by atoms with E-state index in [0.717, 1.165) is 11.2 Å². The number of anilines is 3. The Bertz CT molecular complexity index is 1160. The molecule has 0 saturated carbocycles. The number of hydrogen-bond acceptors (Lipinski definition) is 3. The molecular formula is C24H24N2O. The number of fused-ring (bicyclic) bond motifs is 4. The Labute approximate surface area is 159 Å². The third kappa shape index (κ3) is 2.27. The van der Waals surface area contributed by atoms with Gasteiger partial charge in [0.2, 0.25) is 0 Å². The normalized spacial score (nSPS) is 16.7. The smallest absolute Gasteiger partial charge is 0.137 e. The zero-order valence-electron chi connectivity index (χ0n) is 16.2. The number of furan rings is 1. The summed E-state index contributed by atoms with van der Waals surface area (Å²) in [5, 5.41) is 2.37. The van der Waals surface area contributed by atoms with E-state index in [2.05, 4.69) is 86.0 Å². The molecule has 1 atom stereocenters. The number of hydrogen-bond donors (Lipinski definition) is 0. The second kappa shape index (κ2) is 5.78. The first-order valence-electron chi connectivity index (χ1n) is 9.65. The number of para-hydroxylation sites is 3. The molecule has 1 aromatic heterocycles. The minimum Gasteiger partial charge on any atom is -0.456 e. The lowest BCUT2D eigenvalue weighted by Gasteiger charge is -2.33. The van der Waals surface area contributed by atoms with Gasteiger partial charge in [0, 0.05) is 28.6 Å². The van der Waals surface area contributed by atoms with E-state index in [-0.39, 0.29) is 6.17 Å². The van der Waals surface area contributed by atoms with Crippen LogP contribution in [0, 0.1) is 6.92 Å². The lowest BCUT2D eigenvalue weighted by Crippen LogP contribution is -2.42. The molecule has 0 radical (unpaired) electrons. The monoisotopic (exact) mass is 356 g/mol. The molecular weight excluding hydrogens is 332 g/mol. The standard InChI is InChI=1S/C24H24N2O/c1-15(2)25-17(4)26(21-11-7-6-10-20(21)25)22-14-24-19(13-16(22)3)18-9-5-8-12-23(18)27-24/h5-15,17H,1-4H3/t17-/m0/s1. The highest BCUT2D eigenvalue weighted by Gasteiger charge is 2.35. The minimum absolute atomic E-state index is 0.253. The van der Waals surface area contributed by atoms with Crippen molar-refractivity contribution in [2.75, 3.05) is 9.80 Å². The van der Waals surface area contributed by atoms with Gasteiger partial charge in [-0.1, -0.05) is 30.3 Å². The van der Waals surface area contributed by atoms with E-state index in [4.69, 9.17) is 4.42 Å². The van der Waals surface area contributed by atoms with Gasteiger partial charge in [-0.2, -0.15) is 0 Å². The van der Waals surface area contributed by atoms with E-state index in [1.54, 1.807) is 0 Å². The first kappa shape index (κ1) is 16.2. The minimum atomic E-state index is 0.253. The first-order valence-corrected chi connectivity index (χ1v) is 9.65. The van der Waals surface area contributed by atoms with Crippen LogP contribution in [0.15, 0.2) is 65.1 Å². The van der Waals surface area contributed by atoms with Crippen LogP contribution in [-0.4, -0.2) is 12.2 Å². The molecule has 3 heteroatoms. The summed E-state index contributed by atoms with van der Waals surface area (Å²) >= 11 is 0. The maximum atomic E-state index is 6.16. The Morgan fingerprint density at radius 2 is 1.52 bits per heavy atom. The maximum Gasteiger partial charge on any atom is 0.137 e. The van der Waals surface area contributed by atoms with Crippen molar-refractivity contribution in [2.45, 2.75) is 39.9 Å². The van der Waals surface area contributed by atoms with Crippen LogP contribution < -0.4 is 9.80 Å². The van der Waals surface area contributed by atoms with E-state index in [1.165, 1.54) is 33.4 Å².